The van der Waals surface area contributed by atoms with Crippen molar-refractivity contribution in [2.24, 2.45) is 0 Å². The van der Waals surface area contributed by atoms with E-state index in [1.165, 1.54) is 6.42 Å². The Bertz CT molecular complexity index is 366. The van der Waals surface area contributed by atoms with E-state index in [4.69, 9.17) is 9.47 Å². The van der Waals surface area contributed by atoms with Gasteiger partial charge in [0.15, 0.2) is 0 Å². The van der Waals surface area contributed by atoms with Crippen molar-refractivity contribution in [2.75, 3.05) is 0 Å². The van der Waals surface area contributed by atoms with Gasteiger partial charge in [-0.25, -0.2) is 4.79 Å². The average Bonchev–Trinajstić information content (AvgIpc) is 2.53. The molecular weight excluding hydrogens is 246 g/mol. The Morgan fingerprint density at radius 1 is 1.32 bits per heavy atom. The molecule has 2 aliphatic rings. The van der Waals surface area contributed by atoms with Crippen LogP contribution in [0.4, 0.5) is 4.79 Å². The maximum Gasteiger partial charge on any atom is 0.408 e. The zero-order valence-electron chi connectivity index (χ0n) is 12.0. The Morgan fingerprint density at radius 2 is 1.95 bits per heavy atom. The molecule has 1 aliphatic heterocycles. The molecule has 1 saturated carbocycles. The van der Waals surface area contributed by atoms with Crippen LogP contribution >= 0.6 is 0 Å². The van der Waals surface area contributed by atoms with E-state index in [-0.39, 0.29) is 18.4 Å². The second kappa shape index (κ2) is 5.02. The Labute approximate surface area is 114 Å². The van der Waals surface area contributed by atoms with Crippen LogP contribution < -0.4 is 5.32 Å². The topological polar surface area (TPSA) is 64.6 Å². The summed E-state index contributed by atoms with van der Waals surface area (Å²) in [6.07, 6.45) is 4.69. The van der Waals surface area contributed by atoms with E-state index in [1.54, 1.807) is 0 Å². The number of rotatable bonds is 1. The highest BCUT2D eigenvalue weighted by Gasteiger charge is 2.50. The van der Waals surface area contributed by atoms with Crippen LogP contribution in [-0.4, -0.2) is 29.3 Å². The number of nitrogens with one attached hydrogen (secondary N) is 1. The third-order valence-electron chi connectivity index (χ3n) is 3.71. The molecule has 1 heterocycles. The van der Waals surface area contributed by atoms with Crippen molar-refractivity contribution in [3.05, 3.63) is 0 Å². The van der Waals surface area contributed by atoms with Gasteiger partial charge in [-0.3, -0.25) is 4.79 Å². The van der Waals surface area contributed by atoms with Crippen molar-refractivity contribution in [1.82, 2.24) is 5.32 Å². The summed E-state index contributed by atoms with van der Waals surface area (Å²) in [4.78, 5) is 23.4. The van der Waals surface area contributed by atoms with Crippen molar-refractivity contribution in [1.29, 1.82) is 0 Å². The molecule has 1 atom stereocenters. The second-order valence-electron chi connectivity index (χ2n) is 6.50. The van der Waals surface area contributed by atoms with E-state index < -0.39 is 17.3 Å². The molecule has 0 unspecified atom stereocenters. The molecule has 2 rings (SSSR count). The van der Waals surface area contributed by atoms with Crippen molar-refractivity contribution >= 4 is 12.1 Å². The summed E-state index contributed by atoms with van der Waals surface area (Å²) in [5.74, 6) is -0.219. The van der Waals surface area contributed by atoms with E-state index in [9.17, 15) is 9.59 Å². The molecule has 1 N–H and O–H groups in total. The quantitative estimate of drug-likeness (QED) is 0.743. The Morgan fingerprint density at radius 3 is 2.53 bits per heavy atom. The minimum atomic E-state index is -0.534. The van der Waals surface area contributed by atoms with E-state index in [1.807, 2.05) is 20.8 Å². The molecule has 5 nitrogen and oxygen atoms in total. The SMILES string of the molecule is CC(C)(C)OC(=O)N[C@@H]1CC(=O)OC12CCCCC2. The van der Waals surface area contributed by atoms with Crippen LogP contribution in [0.15, 0.2) is 0 Å². The van der Waals surface area contributed by atoms with Gasteiger partial charge in [-0.2, -0.15) is 0 Å². The fourth-order valence-electron chi connectivity index (χ4n) is 2.93. The average molecular weight is 269 g/mol. The highest BCUT2D eigenvalue weighted by atomic mass is 16.6. The molecule has 1 spiro atoms. The third kappa shape index (κ3) is 3.39. The summed E-state index contributed by atoms with van der Waals surface area (Å²) in [7, 11) is 0. The summed E-state index contributed by atoms with van der Waals surface area (Å²) in [5, 5.41) is 2.82. The number of amides is 1. The number of esters is 1. The summed E-state index contributed by atoms with van der Waals surface area (Å²) in [6, 6.07) is -0.254. The first-order valence-corrected chi connectivity index (χ1v) is 7.02. The summed E-state index contributed by atoms with van der Waals surface area (Å²) < 4.78 is 10.8. The van der Waals surface area contributed by atoms with Gasteiger partial charge < -0.3 is 14.8 Å². The first-order chi connectivity index (χ1) is 8.81. The molecule has 1 aliphatic carbocycles. The van der Waals surface area contributed by atoms with E-state index in [0.717, 1.165) is 25.7 Å². The smallest absolute Gasteiger partial charge is 0.408 e. The second-order valence-corrected chi connectivity index (χ2v) is 6.50. The molecule has 0 aromatic rings. The minimum absolute atomic E-state index is 0.219. The van der Waals surface area contributed by atoms with Gasteiger partial charge in [0.25, 0.3) is 0 Å². The molecule has 19 heavy (non-hydrogen) atoms. The van der Waals surface area contributed by atoms with Gasteiger partial charge in [0.2, 0.25) is 0 Å². The number of alkyl carbamates (subject to hydrolysis) is 1. The zero-order valence-corrected chi connectivity index (χ0v) is 12.0. The predicted molar refractivity (Wildman–Crippen MR) is 69.7 cm³/mol. The molecule has 5 heteroatoms. The molecule has 0 bridgehead atoms. The van der Waals surface area contributed by atoms with Crippen LogP contribution in [-0.2, 0) is 14.3 Å². The standard InChI is InChI=1S/C14H23NO4/c1-13(2,3)19-12(17)15-10-9-11(16)18-14(10)7-5-4-6-8-14/h10H,4-9H2,1-3H3,(H,15,17)/t10-/m1/s1. The van der Waals surface area contributed by atoms with Gasteiger partial charge in [-0.15, -0.1) is 0 Å². The number of hydrogen-bond donors (Lipinski definition) is 1. The van der Waals surface area contributed by atoms with Crippen LogP contribution in [0.5, 0.6) is 0 Å². The van der Waals surface area contributed by atoms with Crippen LogP contribution in [0.2, 0.25) is 0 Å². The monoisotopic (exact) mass is 269 g/mol. The van der Waals surface area contributed by atoms with E-state index in [0.29, 0.717) is 0 Å². The fourth-order valence-corrected chi connectivity index (χ4v) is 2.93. The fraction of sp³-hybridized carbons (Fsp3) is 0.857. The van der Waals surface area contributed by atoms with E-state index >= 15 is 0 Å². The first-order valence-electron chi connectivity index (χ1n) is 7.02. The molecule has 0 aromatic heterocycles. The van der Waals surface area contributed by atoms with E-state index in [2.05, 4.69) is 5.32 Å². The Kier molecular flexibility index (Phi) is 3.74. The molecule has 0 aromatic carbocycles. The Hall–Kier alpha value is -1.26. The first kappa shape index (κ1) is 14.2. The van der Waals surface area contributed by atoms with Crippen LogP contribution in [0.25, 0.3) is 0 Å². The van der Waals surface area contributed by atoms with Gasteiger partial charge in [-0.1, -0.05) is 6.42 Å². The van der Waals surface area contributed by atoms with Gasteiger partial charge in [0.1, 0.15) is 11.2 Å². The highest BCUT2D eigenvalue weighted by Crippen LogP contribution is 2.40. The molecule has 1 amide bonds. The molecule has 1 saturated heterocycles. The van der Waals surface area contributed by atoms with Crippen LogP contribution in [0.1, 0.15) is 59.3 Å². The number of carbonyl (C=O) groups is 2. The number of ether oxygens (including phenoxy) is 2. The maximum atomic E-state index is 11.8. The van der Waals surface area contributed by atoms with Crippen molar-refractivity contribution < 1.29 is 19.1 Å². The normalized spacial score (nSPS) is 26.1. The lowest BCUT2D eigenvalue weighted by Gasteiger charge is -2.37. The summed E-state index contributed by atoms with van der Waals surface area (Å²) >= 11 is 0. The van der Waals surface area contributed by atoms with Crippen molar-refractivity contribution in [3.8, 4) is 0 Å². The highest BCUT2D eigenvalue weighted by molar-refractivity contribution is 5.76. The van der Waals surface area contributed by atoms with Gasteiger partial charge in [0, 0.05) is 0 Å². The zero-order chi connectivity index (χ0) is 14.1. The van der Waals surface area contributed by atoms with Gasteiger partial charge >= 0.3 is 12.1 Å². The summed E-state index contributed by atoms with van der Waals surface area (Å²) in [5.41, 5.74) is -1.03. The maximum absolute atomic E-state index is 11.8. The Balaban J connectivity index is 2.01. The molecule has 108 valence electrons. The minimum Gasteiger partial charge on any atom is -0.457 e. The lowest BCUT2D eigenvalue weighted by molar-refractivity contribution is -0.151. The van der Waals surface area contributed by atoms with Crippen molar-refractivity contribution in [3.63, 3.8) is 0 Å². The lowest BCUT2D eigenvalue weighted by Crippen LogP contribution is -2.51. The van der Waals surface area contributed by atoms with Crippen LogP contribution in [0.3, 0.4) is 0 Å². The molecule has 2 fully saturated rings. The molecule has 0 radical (unpaired) electrons. The van der Waals surface area contributed by atoms with Crippen LogP contribution in [0, 0.1) is 0 Å². The predicted octanol–water partition coefficient (Wildman–Crippen LogP) is 2.53. The van der Waals surface area contributed by atoms with Gasteiger partial charge in [0.05, 0.1) is 12.5 Å². The lowest BCUT2D eigenvalue weighted by atomic mass is 9.80. The number of carbonyl (C=O) groups excluding carboxylic acids is 2. The number of hydrogen-bond acceptors (Lipinski definition) is 4. The summed E-state index contributed by atoms with van der Waals surface area (Å²) in [6.45, 7) is 5.46. The van der Waals surface area contributed by atoms with Crippen molar-refractivity contribution in [2.45, 2.75) is 76.5 Å². The third-order valence-corrected chi connectivity index (χ3v) is 3.71. The molecular formula is C14H23NO4. The largest absolute Gasteiger partial charge is 0.457 e. The van der Waals surface area contributed by atoms with Gasteiger partial charge in [-0.05, 0) is 46.5 Å².